The summed E-state index contributed by atoms with van der Waals surface area (Å²) in [6, 6.07) is 0.288. The largest absolute Gasteiger partial charge is 0.329 e. The molecule has 0 aliphatic heterocycles. The van der Waals surface area contributed by atoms with Crippen LogP contribution in [0.1, 0.15) is 57.8 Å². The Kier molecular flexibility index (Phi) is 5.23. The van der Waals surface area contributed by atoms with Gasteiger partial charge in [-0.05, 0) is 50.4 Å². The van der Waals surface area contributed by atoms with Crippen molar-refractivity contribution in [3.05, 3.63) is 0 Å². The lowest BCUT2D eigenvalue weighted by Crippen LogP contribution is -2.67. The van der Waals surface area contributed by atoms with E-state index in [2.05, 4.69) is 0 Å². The maximum Gasteiger partial charge on any atom is 0.0377 e. The maximum absolute atomic E-state index is 6.90. The molecule has 0 amide bonds. The molecule has 2 rings (SSSR count). The lowest BCUT2D eigenvalue weighted by Gasteiger charge is -2.50. The van der Waals surface area contributed by atoms with E-state index in [1.54, 1.807) is 0 Å². The molecule has 2 aliphatic rings. The van der Waals surface area contributed by atoms with Crippen LogP contribution in [0.4, 0.5) is 0 Å². The van der Waals surface area contributed by atoms with Crippen molar-refractivity contribution >= 4 is 0 Å². The summed E-state index contributed by atoms with van der Waals surface area (Å²) in [5, 5.41) is 0. The van der Waals surface area contributed by atoms with Gasteiger partial charge in [0.15, 0.2) is 0 Å². The van der Waals surface area contributed by atoms with Gasteiger partial charge in [0.05, 0.1) is 0 Å². The molecule has 112 valence electrons. The fraction of sp³-hybridized carbons (Fsp3) is 1.00. The van der Waals surface area contributed by atoms with Gasteiger partial charge in [0, 0.05) is 24.2 Å². The molecule has 2 saturated carbocycles. The quantitative estimate of drug-likeness (QED) is 0.612. The zero-order valence-electron chi connectivity index (χ0n) is 12.2. The van der Waals surface area contributed by atoms with E-state index in [1.165, 1.54) is 32.1 Å². The SMILES string of the molecule is NCC(N)C(N)(C1CCCCC1)C1CCC(N)CC1. The number of nitrogens with two attached hydrogens (primary N) is 4. The lowest BCUT2D eigenvalue weighted by molar-refractivity contribution is 0.0793. The molecule has 0 spiro atoms. The zero-order chi connectivity index (χ0) is 13.9. The molecule has 0 aromatic rings. The first-order chi connectivity index (χ1) is 9.09. The van der Waals surface area contributed by atoms with Crippen molar-refractivity contribution in [3.63, 3.8) is 0 Å². The molecule has 0 saturated heterocycles. The standard InChI is InChI=1S/C15H32N4/c16-10-14(18)15(19,11-4-2-1-3-5-11)12-6-8-13(17)9-7-12/h11-14H,1-10,16-19H2. The Balaban J connectivity index is 2.13. The molecule has 0 bridgehead atoms. The average molecular weight is 268 g/mol. The molecule has 0 aromatic heterocycles. The Morgan fingerprint density at radius 1 is 0.895 bits per heavy atom. The van der Waals surface area contributed by atoms with Crippen LogP contribution in [0.3, 0.4) is 0 Å². The molecule has 0 aromatic carbocycles. The second-order valence-corrected chi connectivity index (χ2v) is 6.79. The topological polar surface area (TPSA) is 104 Å². The van der Waals surface area contributed by atoms with Gasteiger partial charge in [-0.15, -0.1) is 0 Å². The van der Waals surface area contributed by atoms with Crippen LogP contribution >= 0.6 is 0 Å². The van der Waals surface area contributed by atoms with E-state index in [4.69, 9.17) is 22.9 Å². The third-order valence-corrected chi connectivity index (χ3v) is 5.69. The molecule has 2 atom stereocenters. The van der Waals surface area contributed by atoms with Crippen LogP contribution in [0.15, 0.2) is 0 Å². The first-order valence-corrected chi connectivity index (χ1v) is 8.09. The minimum atomic E-state index is -0.269. The number of rotatable bonds is 4. The zero-order valence-corrected chi connectivity index (χ0v) is 12.2. The lowest BCUT2D eigenvalue weighted by atomic mass is 9.61. The second-order valence-electron chi connectivity index (χ2n) is 6.79. The van der Waals surface area contributed by atoms with Crippen molar-refractivity contribution in [1.82, 2.24) is 0 Å². The van der Waals surface area contributed by atoms with Gasteiger partial charge in [0.2, 0.25) is 0 Å². The van der Waals surface area contributed by atoms with Crippen molar-refractivity contribution in [2.24, 2.45) is 34.8 Å². The molecule has 2 aliphatic carbocycles. The van der Waals surface area contributed by atoms with Crippen LogP contribution in [-0.2, 0) is 0 Å². The summed E-state index contributed by atoms with van der Waals surface area (Å²) in [6.45, 7) is 0.496. The highest BCUT2D eigenvalue weighted by molar-refractivity contribution is 5.06. The number of hydrogen-bond acceptors (Lipinski definition) is 4. The summed E-state index contributed by atoms with van der Waals surface area (Å²) < 4.78 is 0. The minimum Gasteiger partial charge on any atom is -0.329 e. The normalized spacial score (nSPS) is 34.7. The highest BCUT2D eigenvalue weighted by Gasteiger charge is 2.46. The fourth-order valence-electron chi connectivity index (χ4n) is 4.36. The Hall–Kier alpha value is -0.160. The third-order valence-electron chi connectivity index (χ3n) is 5.69. The Bertz CT molecular complexity index is 269. The smallest absolute Gasteiger partial charge is 0.0377 e. The van der Waals surface area contributed by atoms with E-state index in [1.807, 2.05) is 0 Å². The molecule has 4 nitrogen and oxygen atoms in total. The third kappa shape index (κ3) is 3.13. The van der Waals surface area contributed by atoms with Gasteiger partial charge >= 0.3 is 0 Å². The van der Waals surface area contributed by atoms with E-state index in [0.29, 0.717) is 24.4 Å². The summed E-state index contributed by atoms with van der Waals surface area (Å²) in [5.41, 5.74) is 24.9. The summed E-state index contributed by atoms with van der Waals surface area (Å²) >= 11 is 0. The monoisotopic (exact) mass is 268 g/mol. The van der Waals surface area contributed by atoms with Crippen molar-refractivity contribution in [2.45, 2.75) is 75.4 Å². The van der Waals surface area contributed by atoms with Crippen LogP contribution in [0.5, 0.6) is 0 Å². The second kappa shape index (κ2) is 6.53. The summed E-state index contributed by atoms with van der Waals surface area (Å²) in [5.74, 6) is 1.06. The summed E-state index contributed by atoms with van der Waals surface area (Å²) in [7, 11) is 0. The summed E-state index contributed by atoms with van der Waals surface area (Å²) in [6.07, 6.45) is 10.8. The molecular weight excluding hydrogens is 236 g/mol. The van der Waals surface area contributed by atoms with Crippen LogP contribution in [0.25, 0.3) is 0 Å². The van der Waals surface area contributed by atoms with E-state index in [-0.39, 0.29) is 11.6 Å². The Morgan fingerprint density at radius 3 is 1.95 bits per heavy atom. The predicted molar refractivity (Wildman–Crippen MR) is 80.5 cm³/mol. The van der Waals surface area contributed by atoms with Gasteiger partial charge in [0.1, 0.15) is 0 Å². The Labute approximate surface area is 117 Å². The molecule has 0 heterocycles. The van der Waals surface area contributed by atoms with Gasteiger partial charge in [-0.1, -0.05) is 19.3 Å². The van der Waals surface area contributed by atoms with Gasteiger partial charge in [0.25, 0.3) is 0 Å². The molecular formula is C15H32N4. The van der Waals surface area contributed by atoms with Gasteiger partial charge in [-0.2, -0.15) is 0 Å². The Morgan fingerprint density at radius 2 is 1.42 bits per heavy atom. The van der Waals surface area contributed by atoms with Crippen LogP contribution in [0, 0.1) is 11.8 Å². The fourth-order valence-corrected chi connectivity index (χ4v) is 4.36. The maximum atomic E-state index is 6.90. The molecule has 19 heavy (non-hydrogen) atoms. The molecule has 0 radical (unpaired) electrons. The highest BCUT2D eigenvalue weighted by Crippen LogP contribution is 2.42. The first kappa shape index (κ1) is 15.2. The van der Waals surface area contributed by atoms with Crippen LogP contribution < -0.4 is 22.9 Å². The minimum absolute atomic E-state index is 0.0741. The van der Waals surface area contributed by atoms with Crippen LogP contribution in [0.2, 0.25) is 0 Å². The van der Waals surface area contributed by atoms with Crippen LogP contribution in [-0.4, -0.2) is 24.2 Å². The van der Waals surface area contributed by atoms with E-state index in [0.717, 1.165) is 25.7 Å². The van der Waals surface area contributed by atoms with Gasteiger partial charge in [-0.25, -0.2) is 0 Å². The van der Waals surface area contributed by atoms with Crippen molar-refractivity contribution in [2.75, 3.05) is 6.54 Å². The number of hydrogen-bond donors (Lipinski definition) is 4. The molecule has 2 unspecified atom stereocenters. The molecule has 8 N–H and O–H groups in total. The van der Waals surface area contributed by atoms with E-state index in [9.17, 15) is 0 Å². The van der Waals surface area contributed by atoms with Crippen molar-refractivity contribution < 1.29 is 0 Å². The molecule has 2 fully saturated rings. The van der Waals surface area contributed by atoms with E-state index >= 15 is 0 Å². The summed E-state index contributed by atoms with van der Waals surface area (Å²) in [4.78, 5) is 0. The van der Waals surface area contributed by atoms with Crippen molar-refractivity contribution in [1.29, 1.82) is 0 Å². The van der Waals surface area contributed by atoms with E-state index < -0.39 is 0 Å². The van der Waals surface area contributed by atoms with Gasteiger partial charge in [-0.3, -0.25) is 0 Å². The molecule has 4 heteroatoms. The first-order valence-electron chi connectivity index (χ1n) is 8.09. The highest BCUT2D eigenvalue weighted by atomic mass is 14.9. The van der Waals surface area contributed by atoms with Gasteiger partial charge < -0.3 is 22.9 Å². The van der Waals surface area contributed by atoms with Crippen molar-refractivity contribution in [3.8, 4) is 0 Å². The average Bonchev–Trinajstić information content (AvgIpc) is 2.47. The predicted octanol–water partition coefficient (Wildman–Crippen LogP) is 1.07.